The molecule has 7 heteroatoms. The van der Waals surface area contributed by atoms with Gasteiger partial charge in [-0.3, -0.25) is 14.5 Å². The lowest BCUT2D eigenvalue weighted by atomic mass is 9.86. The predicted octanol–water partition coefficient (Wildman–Crippen LogP) is 1.48. The van der Waals surface area contributed by atoms with Crippen molar-refractivity contribution in [3.05, 3.63) is 17.2 Å². The van der Waals surface area contributed by atoms with Gasteiger partial charge >= 0.3 is 5.97 Å². The Kier molecular flexibility index (Phi) is 4.03. The van der Waals surface area contributed by atoms with E-state index in [9.17, 15) is 9.59 Å². The van der Waals surface area contributed by atoms with E-state index in [-0.39, 0.29) is 25.0 Å². The van der Waals surface area contributed by atoms with Gasteiger partial charge in [-0.05, 0) is 25.1 Å². The molecule has 1 fully saturated rings. The molecule has 1 saturated heterocycles. The zero-order chi connectivity index (χ0) is 17.6. The Morgan fingerprint density at radius 2 is 2.20 bits per heavy atom. The third-order valence-corrected chi connectivity index (χ3v) is 5.27. The van der Waals surface area contributed by atoms with Gasteiger partial charge in [0.15, 0.2) is 11.5 Å². The van der Waals surface area contributed by atoms with Crippen LogP contribution in [0.1, 0.15) is 30.0 Å². The van der Waals surface area contributed by atoms with Gasteiger partial charge < -0.3 is 18.9 Å². The maximum absolute atomic E-state index is 12.7. The molecule has 1 aromatic carbocycles. The first-order valence-corrected chi connectivity index (χ1v) is 8.49. The lowest BCUT2D eigenvalue weighted by molar-refractivity contribution is -0.144. The van der Waals surface area contributed by atoms with Crippen LogP contribution in [-0.2, 0) is 20.7 Å². The molecule has 7 nitrogen and oxygen atoms in total. The molecule has 0 aliphatic carbocycles. The largest absolute Gasteiger partial charge is 0.492 e. The fraction of sp³-hybridized carbons (Fsp3) is 0.556. The van der Waals surface area contributed by atoms with Crippen molar-refractivity contribution in [3.63, 3.8) is 0 Å². The molecule has 0 N–H and O–H groups in total. The van der Waals surface area contributed by atoms with Gasteiger partial charge in [0, 0.05) is 31.0 Å². The van der Waals surface area contributed by atoms with Gasteiger partial charge in [-0.1, -0.05) is 0 Å². The van der Waals surface area contributed by atoms with Crippen LogP contribution in [0, 0.1) is 5.92 Å². The number of carbonyl (C=O) groups is 2. The summed E-state index contributed by atoms with van der Waals surface area (Å²) < 4.78 is 21.6. The molecule has 0 radical (unpaired) electrons. The first kappa shape index (κ1) is 16.2. The van der Waals surface area contributed by atoms with Gasteiger partial charge in [0.1, 0.15) is 11.7 Å². The predicted molar refractivity (Wildman–Crippen MR) is 86.9 cm³/mol. The zero-order valence-corrected chi connectivity index (χ0v) is 14.4. The topological polar surface area (TPSA) is 74.3 Å². The quantitative estimate of drug-likeness (QED) is 0.603. The second-order valence-corrected chi connectivity index (χ2v) is 6.64. The molecule has 4 rings (SSSR count). The zero-order valence-electron chi connectivity index (χ0n) is 14.4. The Balaban J connectivity index is 1.70. The van der Waals surface area contributed by atoms with Crippen LogP contribution in [0.3, 0.4) is 0 Å². The fourth-order valence-electron chi connectivity index (χ4n) is 3.90. The summed E-state index contributed by atoms with van der Waals surface area (Å²) in [6.07, 6.45) is 1.56. The van der Waals surface area contributed by atoms with Crippen molar-refractivity contribution in [3.8, 4) is 17.2 Å². The monoisotopic (exact) mass is 347 g/mol. The standard InChI is InChI=1S/C18H21NO6/c1-19-5-3-10-7-14-16(25-9-24-14)17(22-2)15(10)12(19)8-13(20)11-4-6-23-18(11)21/h7,11-12H,3-6,8-9H2,1-2H3. The highest BCUT2D eigenvalue weighted by Crippen LogP contribution is 2.50. The number of cyclic esters (lactones) is 1. The summed E-state index contributed by atoms with van der Waals surface area (Å²) in [5.41, 5.74) is 2.06. The Hall–Kier alpha value is -2.28. The van der Waals surface area contributed by atoms with E-state index in [1.165, 1.54) is 0 Å². The molecule has 2 atom stereocenters. The van der Waals surface area contributed by atoms with Crippen molar-refractivity contribution in [2.24, 2.45) is 5.92 Å². The average molecular weight is 347 g/mol. The van der Waals surface area contributed by atoms with E-state index in [1.807, 2.05) is 13.1 Å². The molecule has 0 spiro atoms. The maximum atomic E-state index is 12.7. The highest BCUT2D eigenvalue weighted by molar-refractivity contribution is 6.00. The Morgan fingerprint density at radius 1 is 1.36 bits per heavy atom. The molecule has 134 valence electrons. The van der Waals surface area contributed by atoms with Gasteiger partial charge in [-0.2, -0.15) is 0 Å². The summed E-state index contributed by atoms with van der Waals surface area (Å²) in [6, 6.07) is 1.82. The number of ketones is 1. The number of Topliss-reactive ketones (excluding diaryl/α,β-unsaturated/α-hetero) is 1. The smallest absolute Gasteiger partial charge is 0.316 e. The van der Waals surface area contributed by atoms with Crippen molar-refractivity contribution in [2.45, 2.75) is 25.3 Å². The molecule has 0 bridgehead atoms. The van der Waals surface area contributed by atoms with Crippen LogP contribution in [0.25, 0.3) is 0 Å². The molecule has 1 aromatic rings. The molecular formula is C18H21NO6. The van der Waals surface area contributed by atoms with E-state index >= 15 is 0 Å². The van der Waals surface area contributed by atoms with E-state index in [2.05, 4.69) is 4.90 Å². The summed E-state index contributed by atoms with van der Waals surface area (Å²) in [5, 5.41) is 0. The van der Waals surface area contributed by atoms with Crippen molar-refractivity contribution >= 4 is 11.8 Å². The lowest BCUT2D eigenvalue weighted by Gasteiger charge is -2.35. The molecule has 3 heterocycles. The summed E-state index contributed by atoms with van der Waals surface area (Å²) in [6.45, 7) is 1.32. The number of carbonyl (C=O) groups excluding carboxylic acids is 2. The van der Waals surface area contributed by atoms with Gasteiger partial charge in [0.25, 0.3) is 0 Å². The van der Waals surface area contributed by atoms with Crippen molar-refractivity contribution in [1.82, 2.24) is 4.90 Å². The lowest BCUT2D eigenvalue weighted by Crippen LogP contribution is -2.35. The molecular weight excluding hydrogens is 326 g/mol. The minimum atomic E-state index is -0.640. The number of benzene rings is 1. The number of likely N-dealkylation sites (N-methyl/N-ethyl adjacent to an activating group) is 1. The number of ether oxygens (including phenoxy) is 4. The van der Waals surface area contributed by atoms with Gasteiger partial charge in [-0.15, -0.1) is 0 Å². The fourth-order valence-corrected chi connectivity index (χ4v) is 3.90. The number of fused-ring (bicyclic) bond motifs is 2. The van der Waals surface area contributed by atoms with Crippen molar-refractivity contribution in [1.29, 1.82) is 0 Å². The summed E-state index contributed by atoms with van der Waals surface area (Å²) in [7, 11) is 3.58. The summed E-state index contributed by atoms with van der Waals surface area (Å²) in [4.78, 5) is 26.6. The van der Waals surface area contributed by atoms with Crippen molar-refractivity contribution in [2.75, 3.05) is 34.1 Å². The van der Waals surface area contributed by atoms with Crippen LogP contribution in [0.5, 0.6) is 17.2 Å². The minimum absolute atomic E-state index is 0.0769. The van der Waals surface area contributed by atoms with E-state index < -0.39 is 11.9 Å². The second-order valence-electron chi connectivity index (χ2n) is 6.64. The molecule has 2 unspecified atom stereocenters. The summed E-state index contributed by atoms with van der Waals surface area (Å²) >= 11 is 0. The van der Waals surface area contributed by atoms with Gasteiger partial charge in [-0.25, -0.2) is 0 Å². The number of esters is 1. The van der Waals surface area contributed by atoms with Crippen LogP contribution in [0.2, 0.25) is 0 Å². The molecule has 3 aliphatic heterocycles. The van der Waals surface area contributed by atoms with Crippen LogP contribution in [-0.4, -0.2) is 50.8 Å². The Morgan fingerprint density at radius 3 is 2.92 bits per heavy atom. The van der Waals surface area contributed by atoms with Crippen LogP contribution in [0.4, 0.5) is 0 Å². The SMILES string of the molecule is COc1c2c(cc3c1C(CC(=O)C1CCOC1=O)N(C)CC3)OCO2. The minimum Gasteiger partial charge on any atom is -0.492 e. The number of nitrogens with zero attached hydrogens (tertiary/aromatic N) is 1. The Labute approximate surface area is 145 Å². The van der Waals surface area contributed by atoms with Crippen LogP contribution < -0.4 is 14.2 Å². The summed E-state index contributed by atoms with van der Waals surface area (Å²) in [5.74, 6) is 0.786. The third kappa shape index (κ3) is 2.63. The first-order valence-electron chi connectivity index (χ1n) is 8.49. The molecule has 0 saturated carbocycles. The van der Waals surface area contributed by atoms with E-state index in [1.54, 1.807) is 7.11 Å². The number of hydrogen-bond donors (Lipinski definition) is 0. The van der Waals surface area contributed by atoms with Crippen molar-refractivity contribution < 1.29 is 28.5 Å². The molecule has 25 heavy (non-hydrogen) atoms. The number of methoxy groups -OCH3 is 1. The molecule has 0 amide bonds. The van der Waals surface area contributed by atoms with Crippen LogP contribution >= 0.6 is 0 Å². The third-order valence-electron chi connectivity index (χ3n) is 5.27. The Bertz CT molecular complexity index is 731. The van der Waals surface area contributed by atoms with E-state index in [4.69, 9.17) is 18.9 Å². The van der Waals surface area contributed by atoms with Crippen LogP contribution in [0.15, 0.2) is 6.07 Å². The molecule has 0 aromatic heterocycles. The molecule has 3 aliphatic rings. The highest BCUT2D eigenvalue weighted by atomic mass is 16.7. The normalized spacial score (nSPS) is 24.8. The van der Waals surface area contributed by atoms with Gasteiger partial charge in [0.2, 0.25) is 12.5 Å². The van der Waals surface area contributed by atoms with E-state index in [0.29, 0.717) is 30.3 Å². The second kappa shape index (κ2) is 6.22. The van der Waals surface area contributed by atoms with E-state index in [0.717, 1.165) is 24.1 Å². The maximum Gasteiger partial charge on any atom is 0.316 e. The average Bonchev–Trinajstić information content (AvgIpc) is 3.23. The van der Waals surface area contributed by atoms with Gasteiger partial charge in [0.05, 0.1) is 13.7 Å². The first-order chi connectivity index (χ1) is 12.1. The highest BCUT2D eigenvalue weighted by Gasteiger charge is 2.39. The number of rotatable bonds is 4. The number of hydrogen-bond acceptors (Lipinski definition) is 7.